The van der Waals surface area contributed by atoms with Crippen LogP contribution in [-0.2, 0) is 9.59 Å². The molecule has 100 valence electrons. The highest BCUT2D eigenvalue weighted by molar-refractivity contribution is 5.97. The number of carboxylic acid groups (broad SMARTS) is 1. The molecule has 0 heterocycles. The molecule has 19 heavy (non-hydrogen) atoms. The Morgan fingerprint density at radius 2 is 1.84 bits per heavy atom. The lowest BCUT2D eigenvalue weighted by molar-refractivity contribution is -0.135. The van der Waals surface area contributed by atoms with Crippen molar-refractivity contribution >= 4 is 23.5 Å². The second-order valence-corrected chi connectivity index (χ2v) is 3.69. The second-order valence-electron chi connectivity index (χ2n) is 3.69. The van der Waals surface area contributed by atoms with Crippen LogP contribution in [0.4, 0.5) is 5.69 Å². The fraction of sp³-hybridized carbons (Fsp3) is 0.154. The average Bonchev–Trinajstić information content (AvgIpc) is 2.37. The van der Waals surface area contributed by atoms with Crippen molar-refractivity contribution in [2.45, 2.75) is 6.42 Å². The second kappa shape index (κ2) is 6.95. The number of anilines is 1. The summed E-state index contributed by atoms with van der Waals surface area (Å²) in [6, 6.07) is 6.13. The van der Waals surface area contributed by atoms with E-state index in [4.69, 9.17) is 5.11 Å². The lowest BCUT2D eigenvalue weighted by Gasteiger charge is -2.05. The van der Waals surface area contributed by atoms with Gasteiger partial charge in [0.15, 0.2) is 0 Å². The van der Waals surface area contributed by atoms with Gasteiger partial charge in [0.2, 0.25) is 5.91 Å². The van der Waals surface area contributed by atoms with Crippen molar-refractivity contribution in [2.24, 2.45) is 0 Å². The first kappa shape index (κ1) is 14.4. The molecule has 3 N–H and O–H groups in total. The van der Waals surface area contributed by atoms with Crippen LogP contribution in [0.15, 0.2) is 36.9 Å². The van der Waals surface area contributed by atoms with Gasteiger partial charge in [-0.2, -0.15) is 0 Å². The minimum Gasteiger partial charge on any atom is -0.480 e. The van der Waals surface area contributed by atoms with Crippen LogP contribution < -0.4 is 10.6 Å². The largest absolute Gasteiger partial charge is 0.480 e. The normalized spacial score (nSPS) is 9.47. The van der Waals surface area contributed by atoms with Gasteiger partial charge < -0.3 is 15.7 Å². The molecule has 1 rings (SSSR count). The molecule has 6 nitrogen and oxygen atoms in total. The van der Waals surface area contributed by atoms with Gasteiger partial charge in [0.1, 0.15) is 6.54 Å². The van der Waals surface area contributed by atoms with Gasteiger partial charge >= 0.3 is 5.97 Å². The number of benzene rings is 1. The molecular weight excluding hydrogens is 248 g/mol. The van der Waals surface area contributed by atoms with Crippen LogP contribution in [0, 0.1) is 0 Å². The molecule has 1 aromatic carbocycles. The Hall–Kier alpha value is -2.63. The third-order valence-corrected chi connectivity index (χ3v) is 2.16. The molecule has 0 radical (unpaired) electrons. The van der Waals surface area contributed by atoms with E-state index >= 15 is 0 Å². The maximum absolute atomic E-state index is 11.5. The maximum Gasteiger partial charge on any atom is 0.322 e. The minimum absolute atomic E-state index is 0.196. The fourth-order valence-corrected chi connectivity index (χ4v) is 1.31. The van der Waals surface area contributed by atoms with Gasteiger partial charge in [-0.15, -0.1) is 6.58 Å². The molecule has 0 aliphatic carbocycles. The third kappa shape index (κ3) is 5.03. The standard InChI is InChI=1S/C13H14N2O4/c1-2-3-11(16)15-10-6-4-9(5-7-10)13(19)14-8-12(17)18/h2,4-7H,1,3,8H2,(H,14,19)(H,15,16)(H,17,18). The molecule has 0 saturated heterocycles. The van der Waals surface area contributed by atoms with E-state index in [0.29, 0.717) is 11.3 Å². The molecule has 2 amide bonds. The molecule has 0 atom stereocenters. The highest BCUT2D eigenvalue weighted by Crippen LogP contribution is 2.09. The Morgan fingerprint density at radius 1 is 1.21 bits per heavy atom. The van der Waals surface area contributed by atoms with E-state index in [9.17, 15) is 14.4 Å². The number of hydrogen-bond acceptors (Lipinski definition) is 3. The van der Waals surface area contributed by atoms with Gasteiger partial charge in [0, 0.05) is 17.7 Å². The lowest BCUT2D eigenvalue weighted by atomic mass is 10.2. The Bertz CT molecular complexity index is 494. The highest BCUT2D eigenvalue weighted by atomic mass is 16.4. The average molecular weight is 262 g/mol. The summed E-state index contributed by atoms with van der Waals surface area (Å²) in [5.74, 6) is -1.79. The quantitative estimate of drug-likeness (QED) is 0.667. The summed E-state index contributed by atoms with van der Waals surface area (Å²) >= 11 is 0. The smallest absolute Gasteiger partial charge is 0.322 e. The molecule has 0 saturated carbocycles. The summed E-state index contributed by atoms with van der Waals surface area (Å²) in [5, 5.41) is 13.3. The van der Waals surface area contributed by atoms with Crippen molar-refractivity contribution in [3.63, 3.8) is 0 Å². The van der Waals surface area contributed by atoms with Gasteiger partial charge in [0.05, 0.1) is 0 Å². The number of rotatable bonds is 6. The van der Waals surface area contributed by atoms with Crippen LogP contribution in [0.1, 0.15) is 16.8 Å². The maximum atomic E-state index is 11.5. The van der Waals surface area contributed by atoms with Gasteiger partial charge in [-0.3, -0.25) is 14.4 Å². The van der Waals surface area contributed by atoms with Crippen molar-refractivity contribution in [3.05, 3.63) is 42.5 Å². The van der Waals surface area contributed by atoms with Crippen LogP contribution in [0.2, 0.25) is 0 Å². The van der Waals surface area contributed by atoms with E-state index in [1.165, 1.54) is 18.2 Å². The molecule has 0 aliphatic rings. The Morgan fingerprint density at radius 3 is 2.37 bits per heavy atom. The van der Waals surface area contributed by atoms with E-state index in [1.54, 1.807) is 12.1 Å². The Labute approximate surface area is 110 Å². The van der Waals surface area contributed by atoms with Crippen molar-refractivity contribution in [2.75, 3.05) is 11.9 Å². The number of nitrogens with one attached hydrogen (secondary N) is 2. The monoisotopic (exact) mass is 262 g/mol. The molecular formula is C13H14N2O4. The van der Waals surface area contributed by atoms with Crippen LogP contribution in [0.25, 0.3) is 0 Å². The van der Waals surface area contributed by atoms with E-state index < -0.39 is 18.4 Å². The zero-order valence-corrected chi connectivity index (χ0v) is 10.2. The van der Waals surface area contributed by atoms with Crippen molar-refractivity contribution in [1.82, 2.24) is 5.32 Å². The topological polar surface area (TPSA) is 95.5 Å². The summed E-state index contributed by atoms with van der Waals surface area (Å²) in [7, 11) is 0. The van der Waals surface area contributed by atoms with Crippen molar-refractivity contribution < 1.29 is 19.5 Å². The number of amides is 2. The van der Waals surface area contributed by atoms with Gasteiger partial charge in [0.25, 0.3) is 5.91 Å². The molecule has 0 aromatic heterocycles. The van der Waals surface area contributed by atoms with Crippen LogP contribution in [0.5, 0.6) is 0 Å². The van der Waals surface area contributed by atoms with Crippen molar-refractivity contribution in [3.8, 4) is 0 Å². The number of hydrogen-bond donors (Lipinski definition) is 3. The zero-order valence-electron chi connectivity index (χ0n) is 10.2. The number of carbonyl (C=O) groups is 3. The van der Waals surface area contributed by atoms with Crippen LogP contribution >= 0.6 is 0 Å². The summed E-state index contributed by atoms with van der Waals surface area (Å²) in [6.07, 6.45) is 1.70. The van der Waals surface area contributed by atoms with Crippen molar-refractivity contribution in [1.29, 1.82) is 0 Å². The Kier molecular flexibility index (Phi) is 5.28. The molecule has 0 fully saturated rings. The van der Waals surface area contributed by atoms with E-state index in [1.807, 2.05) is 0 Å². The van der Waals surface area contributed by atoms with E-state index in [2.05, 4.69) is 17.2 Å². The number of carboxylic acids is 1. The van der Waals surface area contributed by atoms with Gasteiger partial charge in [-0.25, -0.2) is 0 Å². The fourth-order valence-electron chi connectivity index (χ4n) is 1.31. The first-order chi connectivity index (χ1) is 9.02. The van der Waals surface area contributed by atoms with Gasteiger partial charge in [-0.05, 0) is 24.3 Å². The third-order valence-electron chi connectivity index (χ3n) is 2.16. The highest BCUT2D eigenvalue weighted by Gasteiger charge is 2.07. The number of carbonyl (C=O) groups excluding carboxylic acids is 2. The van der Waals surface area contributed by atoms with E-state index in [0.717, 1.165) is 0 Å². The lowest BCUT2D eigenvalue weighted by Crippen LogP contribution is -2.29. The molecule has 0 aliphatic heterocycles. The molecule has 1 aromatic rings. The van der Waals surface area contributed by atoms with Gasteiger partial charge in [-0.1, -0.05) is 6.08 Å². The number of aliphatic carboxylic acids is 1. The molecule has 0 unspecified atom stereocenters. The summed E-state index contributed by atoms with van der Waals surface area (Å²) in [5.41, 5.74) is 0.879. The predicted octanol–water partition coefficient (Wildman–Crippen LogP) is 1.02. The first-order valence-corrected chi connectivity index (χ1v) is 5.53. The summed E-state index contributed by atoms with van der Waals surface area (Å²) in [6.45, 7) is 3.02. The van der Waals surface area contributed by atoms with E-state index in [-0.39, 0.29) is 12.3 Å². The first-order valence-electron chi connectivity index (χ1n) is 5.53. The van der Waals surface area contributed by atoms with Crippen LogP contribution in [0.3, 0.4) is 0 Å². The molecule has 0 spiro atoms. The molecule has 6 heteroatoms. The Balaban J connectivity index is 2.60. The SMILES string of the molecule is C=CCC(=O)Nc1ccc(C(=O)NCC(=O)O)cc1. The van der Waals surface area contributed by atoms with Crippen LogP contribution in [-0.4, -0.2) is 29.4 Å². The predicted molar refractivity (Wildman–Crippen MR) is 69.9 cm³/mol. The summed E-state index contributed by atoms with van der Waals surface area (Å²) < 4.78 is 0. The summed E-state index contributed by atoms with van der Waals surface area (Å²) in [4.78, 5) is 33.1. The zero-order chi connectivity index (χ0) is 14.3. The molecule has 0 bridgehead atoms. The minimum atomic E-state index is -1.11.